The average Bonchev–Trinajstić information content (AvgIpc) is 2.74. The van der Waals surface area contributed by atoms with Gasteiger partial charge in [0.25, 0.3) is 0 Å². The fourth-order valence-corrected chi connectivity index (χ4v) is 2.77. The summed E-state index contributed by atoms with van der Waals surface area (Å²) >= 11 is 4.39. The lowest BCUT2D eigenvalue weighted by molar-refractivity contribution is 0.315. The van der Waals surface area contributed by atoms with E-state index in [4.69, 9.17) is 4.74 Å². The molecule has 0 radical (unpaired) electrons. The summed E-state index contributed by atoms with van der Waals surface area (Å²) in [5, 5.41) is 1.96. The standard InChI is InChI=1S/C24H16F3NOS/c1-2-11-29-20-10-9-18(21(25)14-20)8-5-16-3-6-17(7-4-16)19-12-22(26)24(28-15-30)23(27)13-19/h3-4,6-7,9-10,12-14H,2,11H2,1H3. The largest absolute Gasteiger partial charge is 0.494 e. The van der Waals surface area contributed by atoms with Gasteiger partial charge in [-0.3, -0.25) is 0 Å². The molecule has 0 aromatic heterocycles. The lowest BCUT2D eigenvalue weighted by atomic mass is 10.0. The minimum absolute atomic E-state index is 0.252. The van der Waals surface area contributed by atoms with Crippen molar-refractivity contribution in [2.45, 2.75) is 13.3 Å². The first-order valence-corrected chi connectivity index (χ1v) is 9.54. The van der Waals surface area contributed by atoms with Crippen molar-refractivity contribution >= 4 is 23.1 Å². The minimum atomic E-state index is -0.826. The Morgan fingerprint density at radius 1 is 0.867 bits per heavy atom. The highest BCUT2D eigenvalue weighted by atomic mass is 32.1. The first kappa shape index (κ1) is 21.3. The summed E-state index contributed by atoms with van der Waals surface area (Å²) in [6.45, 7) is 2.49. The van der Waals surface area contributed by atoms with Gasteiger partial charge >= 0.3 is 0 Å². The summed E-state index contributed by atoms with van der Waals surface area (Å²) in [5.74, 6) is 4.01. The number of rotatable bonds is 5. The summed E-state index contributed by atoms with van der Waals surface area (Å²) in [5.41, 5.74) is 1.36. The van der Waals surface area contributed by atoms with Crippen molar-refractivity contribution in [3.8, 4) is 28.7 Å². The van der Waals surface area contributed by atoms with Gasteiger partial charge in [0.15, 0.2) is 11.6 Å². The highest BCUT2D eigenvalue weighted by molar-refractivity contribution is 7.78. The van der Waals surface area contributed by atoms with Gasteiger partial charge in [-0.15, -0.1) is 0 Å². The molecule has 3 rings (SSSR count). The molecular weight excluding hydrogens is 407 g/mol. The Balaban J connectivity index is 1.80. The van der Waals surface area contributed by atoms with Crippen molar-refractivity contribution in [3.05, 3.63) is 83.2 Å². The second-order valence-corrected chi connectivity index (χ2v) is 6.49. The van der Waals surface area contributed by atoms with Crippen LogP contribution >= 0.6 is 12.2 Å². The van der Waals surface area contributed by atoms with E-state index in [2.05, 4.69) is 29.1 Å². The van der Waals surface area contributed by atoms with Gasteiger partial charge in [0.1, 0.15) is 17.3 Å². The van der Waals surface area contributed by atoms with E-state index in [0.29, 0.717) is 29.0 Å². The first-order valence-electron chi connectivity index (χ1n) is 9.13. The monoisotopic (exact) mass is 423 g/mol. The van der Waals surface area contributed by atoms with Crippen LogP contribution in [0.25, 0.3) is 11.1 Å². The van der Waals surface area contributed by atoms with Crippen LogP contribution in [0.15, 0.2) is 59.6 Å². The molecule has 0 heterocycles. The second-order valence-electron chi connectivity index (χ2n) is 6.31. The highest BCUT2D eigenvalue weighted by Crippen LogP contribution is 2.29. The number of hydrogen-bond acceptors (Lipinski definition) is 3. The zero-order chi connectivity index (χ0) is 21.5. The molecule has 0 aliphatic heterocycles. The van der Waals surface area contributed by atoms with Gasteiger partial charge in [0.05, 0.1) is 17.3 Å². The Labute approximate surface area is 178 Å². The minimum Gasteiger partial charge on any atom is -0.494 e. The normalized spacial score (nSPS) is 10.0. The van der Waals surface area contributed by atoms with E-state index < -0.39 is 23.1 Å². The van der Waals surface area contributed by atoms with Gasteiger partial charge in [-0.25, -0.2) is 13.2 Å². The fraction of sp³-hybridized carbons (Fsp3) is 0.125. The average molecular weight is 423 g/mol. The third-order valence-electron chi connectivity index (χ3n) is 4.15. The predicted octanol–water partition coefficient (Wildman–Crippen LogP) is 6.69. The quantitative estimate of drug-likeness (QED) is 0.259. The number of halogens is 3. The maximum atomic E-state index is 14.2. The number of isothiocyanates is 1. The zero-order valence-electron chi connectivity index (χ0n) is 16.0. The van der Waals surface area contributed by atoms with Gasteiger partial charge in [-0.2, -0.15) is 4.99 Å². The number of nitrogens with zero attached hydrogens (tertiary/aromatic N) is 1. The molecule has 0 aliphatic rings. The molecule has 30 heavy (non-hydrogen) atoms. The third-order valence-corrected chi connectivity index (χ3v) is 4.24. The number of hydrogen-bond donors (Lipinski definition) is 0. The number of aliphatic imine (C=N–C) groups is 1. The van der Waals surface area contributed by atoms with E-state index in [1.54, 1.807) is 36.4 Å². The van der Waals surface area contributed by atoms with Crippen molar-refractivity contribution in [3.63, 3.8) is 0 Å². The Morgan fingerprint density at radius 2 is 1.57 bits per heavy atom. The Kier molecular flexibility index (Phi) is 7.03. The molecule has 0 aliphatic carbocycles. The summed E-state index contributed by atoms with van der Waals surface area (Å²) in [6.07, 6.45) is 0.837. The molecular formula is C24H16F3NOS. The van der Waals surface area contributed by atoms with Crippen LogP contribution in [0.1, 0.15) is 24.5 Å². The lowest BCUT2D eigenvalue weighted by Gasteiger charge is -2.05. The van der Waals surface area contributed by atoms with Crippen LogP contribution in [0, 0.1) is 29.3 Å². The van der Waals surface area contributed by atoms with E-state index in [0.717, 1.165) is 6.42 Å². The SMILES string of the molecule is CCCOc1ccc(C#Cc2ccc(-c3cc(F)c(N=C=S)c(F)c3)cc2)c(F)c1. The van der Waals surface area contributed by atoms with Gasteiger partial charge in [0, 0.05) is 11.6 Å². The summed E-state index contributed by atoms with van der Waals surface area (Å²) < 4.78 is 47.6. The maximum Gasteiger partial charge on any atom is 0.153 e. The molecule has 0 bridgehead atoms. The van der Waals surface area contributed by atoms with Crippen LogP contribution in [0.3, 0.4) is 0 Å². The van der Waals surface area contributed by atoms with Crippen molar-refractivity contribution in [1.29, 1.82) is 0 Å². The third kappa shape index (κ3) is 5.15. The Morgan fingerprint density at radius 3 is 2.17 bits per heavy atom. The topological polar surface area (TPSA) is 21.6 Å². The molecule has 3 aromatic carbocycles. The number of thiocarbonyl (C=S) groups is 1. The molecule has 0 unspecified atom stereocenters. The lowest BCUT2D eigenvalue weighted by Crippen LogP contribution is -1.96. The zero-order valence-corrected chi connectivity index (χ0v) is 16.8. The molecule has 3 aromatic rings. The number of ether oxygens (including phenoxy) is 1. The van der Waals surface area contributed by atoms with Gasteiger partial charge in [0.2, 0.25) is 0 Å². The molecule has 0 spiro atoms. The Hall–Kier alpha value is -3.39. The van der Waals surface area contributed by atoms with Crippen LogP contribution in [0.5, 0.6) is 5.75 Å². The summed E-state index contributed by atoms with van der Waals surface area (Å²) in [7, 11) is 0. The van der Waals surface area contributed by atoms with Crippen LogP contribution < -0.4 is 4.74 Å². The van der Waals surface area contributed by atoms with E-state index >= 15 is 0 Å². The van der Waals surface area contributed by atoms with E-state index in [-0.39, 0.29) is 5.56 Å². The predicted molar refractivity (Wildman–Crippen MR) is 115 cm³/mol. The smallest absolute Gasteiger partial charge is 0.153 e. The van der Waals surface area contributed by atoms with Crippen molar-refractivity contribution in [1.82, 2.24) is 0 Å². The Bertz CT molecular complexity index is 1150. The van der Waals surface area contributed by atoms with Gasteiger partial charge in [-0.05, 0) is 66.2 Å². The van der Waals surface area contributed by atoms with Crippen LogP contribution in [-0.4, -0.2) is 11.8 Å². The van der Waals surface area contributed by atoms with Crippen LogP contribution in [-0.2, 0) is 0 Å². The summed E-state index contributed by atoms with van der Waals surface area (Å²) in [4.78, 5) is 3.39. The molecule has 0 amide bonds. The summed E-state index contributed by atoms with van der Waals surface area (Å²) in [6, 6.07) is 13.6. The van der Waals surface area contributed by atoms with Crippen LogP contribution in [0.4, 0.5) is 18.9 Å². The number of benzene rings is 3. The molecule has 0 saturated carbocycles. The van der Waals surface area contributed by atoms with Crippen molar-refractivity contribution in [2.24, 2.45) is 4.99 Å². The van der Waals surface area contributed by atoms with E-state index in [1.807, 2.05) is 12.1 Å². The molecule has 150 valence electrons. The molecule has 0 atom stereocenters. The van der Waals surface area contributed by atoms with Crippen molar-refractivity contribution < 1.29 is 17.9 Å². The maximum absolute atomic E-state index is 14.2. The van der Waals surface area contributed by atoms with Gasteiger partial charge < -0.3 is 4.74 Å². The van der Waals surface area contributed by atoms with Gasteiger partial charge in [-0.1, -0.05) is 30.9 Å². The second kappa shape index (κ2) is 9.89. The molecule has 0 N–H and O–H groups in total. The molecule has 0 saturated heterocycles. The van der Waals surface area contributed by atoms with E-state index in [1.165, 1.54) is 18.2 Å². The van der Waals surface area contributed by atoms with Crippen molar-refractivity contribution in [2.75, 3.05) is 6.61 Å². The molecule has 2 nitrogen and oxygen atoms in total. The van der Waals surface area contributed by atoms with E-state index in [9.17, 15) is 13.2 Å². The molecule has 0 fully saturated rings. The molecule has 6 heteroatoms. The fourth-order valence-electron chi connectivity index (χ4n) is 2.68. The first-order chi connectivity index (χ1) is 14.5. The van der Waals surface area contributed by atoms with Crippen LogP contribution in [0.2, 0.25) is 0 Å². The highest BCUT2D eigenvalue weighted by Gasteiger charge is 2.11.